The molecule has 26 heavy (non-hydrogen) atoms. The Morgan fingerprint density at radius 3 is 2.73 bits per heavy atom. The summed E-state index contributed by atoms with van der Waals surface area (Å²) in [7, 11) is 5.96. The molecule has 5 heteroatoms. The standard InChI is InChI=1S/C21H34N4O/c1-22-14-17-8-10-18(11-9-17)20-13-19(25(3)23-20)15-24(2)21(26)12-16-6-4-5-7-16/h4,6,13,16-18,22H,5,7-12,14-15H2,1-3H3/t16-,17?,18?/m1/s1. The van der Waals surface area contributed by atoms with Gasteiger partial charge in [-0.2, -0.15) is 5.10 Å². The normalized spacial score (nSPS) is 25.6. The zero-order valence-corrected chi connectivity index (χ0v) is 16.6. The highest BCUT2D eigenvalue weighted by Crippen LogP contribution is 2.35. The van der Waals surface area contributed by atoms with Crippen LogP contribution in [0.25, 0.3) is 0 Å². The van der Waals surface area contributed by atoms with E-state index in [9.17, 15) is 4.79 Å². The molecule has 1 aromatic heterocycles. The fourth-order valence-corrected chi connectivity index (χ4v) is 4.41. The molecule has 2 aliphatic carbocycles. The third-order valence-electron chi connectivity index (χ3n) is 6.13. The van der Waals surface area contributed by atoms with E-state index in [1.54, 1.807) is 0 Å². The van der Waals surface area contributed by atoms with Gasteiger partial charge in [-0.1, -0.05) is 12.2 Å². The molecule has 144 valence electrons. The molecule has 1 amide bonds. The van der Waals surface area contributed by atoms with E-state index in [2.05, 4.69) is 23.5 Å². The van der Waals surface area contributed by atoms with Crippen molar-refractivity contribution in [2.45, 2.75) is 57.4 Å². The van der Waals surface area contributed by atoms with Gasteiger partial charge in [0.05, 0.1) is 17.9 Å². The first-order chi connectivity index (χ1) is 12.6. The lowest BCUT2D eigenvalue weighted by atomic mass is 9.80. The highest BCUT2D eigenvalue weighted by atomic mass is 16.2. The molecule has 0 radical (unpaired) electrons. The van der Waals surface area contributed by atoms with Crippen LogP contribution in [0.1, 0.15) is 62.3 Å². The number of nitrogens with zero attached hydrogens (tertiary/aromatic N) is 3. The van der Waals surface area contributed by atoms with Crippen molar-refractivity contribution in [2.24, 2.45) is 18.9 Å². The number of rotatable bonds is 7. The minimum Gasteiger partial charge on any atom is -0.340 e. The summed E-state index contributed by atoms with van der Waals surface area (Å²) in [6.07, 6.45) is 12.3. The number of amides is 1. The molecule has 1 fully saturated rings. The fourth-order valence-electron chi connectivity index (χ4n) is 4.41. The van der Waals surface area contributed by atoms with E-state index in [1.807, 2.05) is 30.7 Å². The van der Waals surface area contributed by atoms with E-state index in [-0.39, 0.29) is 5.91 Å². The number of allylic oxidation sites excluding steroid dienone is 2. The second kappa shape index (κ2) is 8.85. The van der Waals surface area contributed by atoms with E-state index in [1.165, 1.54) is 31.4 Å². The Morgan fingerprint density at radius 1 is 1.31 bits per heavy atom. The zero-order valence-electron chi connectivity index (χ0n) is 16.6. The van der Waals surface area contributed by atoms with Crippen molar-refractivity contribution in [3.8, 4) is 0 Å². The van der Waals surface area contributed by atoms with Gasteiger partial charge in [-0.15, -0.1) is 0 Å². The predicted molar refractivity (Wildman–Crippen MR) is 105 cm³/mol. The van der Waals surface area contributed by atoms with Crippen molar-refractivity contribution >= 4 is 5.91 Å². The van der Waals surface area contributed by atoms with E-state index < -0.39 is 0 Å². The van der Waals surface area contributed by atoms with Crippen LogP contribution in [0.3, 0.4) is 0 Å². The molecule has 1 atom stereocenters. The summed E-state index contributed by atoms with van der Waals surface area (Å²) in [5.41, 5.74) is 2.35. The maximum absolute atomic E-state index is 12.5. The van der Waals surface area contributed by atoms with Gasteiger partial charge in [0.25, 0.3) is 0 Å². The summed E-state index contributed by atoms with van der Waals surface area (Å²) in [5, 5.41) is 8.07. The van der Waals surface area contributed by atoms with Crippen LogP contribution in [-0.2, 0) is 18.4 Å². The SMILES string of the molecule is CNCC1CCC(c2cc(CN(C)C(=O)C[C@@H]3C=CCC3)n(C)n2)CC1. The van der Waals surface area contributed by atoms with Crippen LogP contribution in [0.4, 0.5) is 0 Å². The second-order valence-corrected chi connectivity index (χ2v) is 8.18. The molecular weight excluding hydrogens is 324 g/mol. The lowest BCUT2D eigenvalue weighted by Gasteiger charge is -2.27. The number of carbonyl (C=O) groups is 1. The number of aromatic nitrogens is 2. The zero-order chi connectivity index (χ0) is 18.5. The molecule has 0 aromatic carbocycles. The average molecular weight is 359 g/mol. The summed E-state index contributed by atoms with van der Waals surface area (Å²) < 4.78 is 1.97. The largest absolute Gasteiger partial charge is 0.340 e. The first-order valence-electron chi connectivity index (χ1n) is 10.1. The predicted octanol–water partition coefficient (Wildman–Crippen LogP) is 3.23. The second-order valence-electron chi connectivity index (χ2n) is 8.18. The average Bonchev–Trinajstić information content (AvgIpc) is 3.26. The van der Waals surface area contributed by atoms with Crippen LogP contribution < -0.4 is 5.32 Å². The lowest BCUT2D eigenvalue weighted by molar-refractivity contribution is -0.131. The van der Waals surface area contributed by atoms with Gasteiger partial charge in [-0.3, -0.25) is 9.48 Å². The molecule has 1 N–H and O–H groups in total. The monoisotopic (exact) mass is 358 g/mol. The maximum atomic E-state index is 12.5. The molecule has 1 saturated carbocycles. The Bertz CT molecular complexity index is 628. The van der Waals surface area contributed by atoms with Gasteiger partial charge in [0.2, 0.25) is 5.91 Å². The van der Waals surface area contributed by atoms with E-state index in [0.717, 1.165) is 31.0 Å². The van der Waals surface area contributed by atoms with Crippen molar-refractivity contribution in [1.29, 1.82) is 0 Å². The van der Waals surface area contributed by atoms with Gasteiger partial charge in [-0.05, 0) is 70.0 Å². The number of hydrogen-bond donors (Lipinski definition) is 1. The number of nitrogens with one attached hydrogen (secondary N) is 1. The van der Waals surface area contributed by atoms with Crippen LogP contribution in [0, 0.1) is 11.8 Å². The molecule has 1 aromatic rings. The molecule has 3 rings (SSSR count). The summed E-state index contributed by atoms with van der Waals surface area (Å²) in [5.74, 6) is 2.05. The van der Waals surface area contributed by atoms with Crippen molar-refractivity contribution in [1.82, 2.24) is 20.0 Å². The van der Waals surface area contributed by atoms with Gasteiger partial charge in [0.15, 0.2) is 0 Å². The summed E-state index contributed by atoms with van der Waals surface area (Å²) in [4.78, 5) is 14.3. The van der Waals surface area contributed by atoms with E-state index in [4.69, 9.17) is 5.10 Å². The number of carbonyl (C=O) groups excluding carboxylic acids is 1. The van der Waals surface area contributed by atoms with Crippen LogP contribution >= 0.6 is 0 Å². The van der Waals surface area contributed by atoms with E-state index >= 15 is 0 Å². The molecule has 1 heterocycles. The Hall–Kier alpha value is -1.62. The Balaban J connectivity index is 1.54. The van der Waals surface area contributed by atoms with Crippen molar-refractivity contribution in [3.05, 3.63) is 29.6 Å². The topological polar surface area (TPSA) is 50.2 Å². The molecule has 0 saturated heterocycles. The Labute approximate surface area is 157 Å². The molecule has 0 unspecified atom stereocenters. The molecule has 2 aliphatic rings. The quantitative estimate of drug-likeness (QED) is 0.762. The highest BCUT2D eigenvalue weighted by Gasteiger charge is 2.25. The minimum atomic E-state index is 0.233. The molecular formula is C21H34N4O. The van der Waals surface area contributed by atoms with Crippen LogP contribution in [0.15, 0.2) is 18.2 Å². The maximum Gasteiger partial charge on any atom is 0.223 e. The summed E-state index contributed by atoms with van der Waals surface area (Å²) in [6, 6.07) is 2.22. The molecule has 0 spiro atoms. The summed E-state index contributed by atoms with van der Waals surface area (Å²) >= 11 is 0. The lowest BCUT2D eigenvalue weighted by Crippen LogP contribution is -2.28. The van der Waals surface area contributed by atoms with Gasteiger partial charge in [0.1, 0.15) is 0 Å². The third kappa shape index (κ3) is 4.76. The van der Waals surface area contributed by atoms with Crippen LogP contribution in [0.2, 0.25) is 0 Å². The Morgan fingerprint density at radius 2 is 2.08 bits per heavy atom. The smallest absolute Gasteiger partial charge is 0.223 e. The first-order valence-corrected chi connectivity index (χ1v) is 10.1. The molecule has 0 aliphatic heterocycles. The van der Waals surface area contributed by atoms with Crippen LogP contribution in [0.5, 0.6) is 0 Å². The van der Waals surface area contributed by atoms with Crippen molar-refractivity contribution < 1.29 is 4.79 Å². The number of hydrogen-bond acceptors (Lipinski definition) is 3. The molecule has 0 bridgehead atoms. The molecule has 5 nitrogen and oxygen atoms in total. The highest BCUT2D eigenvalue weighted by molar-refractivity contribution is 5.76. The third-order valence-corrected chi connectivity index (χ3v) is 6.13. The summed E-state index contributed by atoms with van der Waals surface area (Å²) in [6.45, 7) is 1.77. The van der Waals surface area contributed by atoms with Crippen LogP contribution in [-0.4, -0.2) is 41.2 Å². The van der Waals surface area contributed by atoms with Gasteiger partial charge >= 0.3 is 0 Å². The fraction of sp³-hybridized carbons (Fsp3) is 0.714. The van der Waals surface area contributed by atoms with Gasteiger partial charge in [0, 0.05) is 26.4 Å². The minimum absolute atomic E-state index is 0.233. The first kappa shape index (κ1) is 19.2. The number of aryl methyl sites for hydroxylation is 1. The van der Waals surface area contributed by atoms with Gasteiger partial charge < -0.3 is 10.2 Å². The van der Waals surface area contributed by atoms with Crippen molar-refractivity contribution in [3.63, 3.8) is 0 Å². The van der Waals surface area contributed by atoms with E-state index in [0.29, 0.717) is 24.8 Å². The Kier molecular flexibility index (Phi) is 6.52. The van der Waals surface area contributed by atoms with Crippen molar-refractivity contribution in [2.75, 3.05) is 20.6 Å². The van der Waals surface area contributed by atoms with Gasteiger partial charge in [-0.25, -0.2) is 0 Å².